The standard InChI is InChI=1S/C17H14.C2H6/c1-3-12-14-9-15(14)13-6-4-5-11-8-7-10(2)16(12)17(11)13;1-2/h3-8,14-15H,1-2,9H2;1-2H3. The van der Waals surface area contributed by atoms with Crippen molar-refractivity contribution in [1.29, 1.82) is 0 Å². The molecule has 0 saturated heterocycles. The Morgan fingerprint density at radius 1 is 1.11 bits per heavy atom. The Balaban J connectivity index is 0.000000528. The Hall–Kier alpha value is -1.82. The van der Waals surface area contributed by atoms with Crippen molar-refractivity contribution >= 4 is 22.9 Å². The summed E-state index contributed by atoms with van der Waals surface area (Å²) in [7, 11) is 0. The van der Waals surface area contributed by atoms with E-state index in [9.17, 15) is 0 Å². The summed E-state index contributed by atoms with van der Waals surface area (Å²) in [5.74, 6) is 1.44. The van der Waals surface area contributed by atoms with E-state index >= 15 is 0 Å². The van der Waals surface area contributed by atoms with Crippen molar-refractivity contribution in [3.63, 3.8) is 0 Å². The van der Waals surface area contributed by atoms with E-state index in [0.717, 1.165) is 11.1 Å². The molecule has 0 spiro atoms. The highest BCUT2D eigenvalue weighted by molar-refractivity contribution is 5.92. The Bertz CT molecular complexity index is 764. The fourth-order valence-electron chi connectivity index (χ4n) is 3.41. The number of allylic oxidation sites excluding steroid dienone is 1. The van der Waals surface area contributed by atoms with Crippen LogP contribution in [0.15, 0.2) is 43.0 Å². The first-order chi connectivity index (χ1) is 9.31. The highest BCUT2D eigenvalue weighted by Gasteiger charge is 2.43. The summed E-state index contributed by atoms with van der Waals surface area (Å²) >= 11 is 0. The van der Waals surface area contributed by atoms with Crippen LogP contribution in [0, 0.1) is 5.92 Å². The summed E-state index contributed by atoms with van der Waals surface area (Å²) in [5, 5.41) is 5.26. The number of hydrogen-bond donors (Lipinski definition) is 0. The second-order valence-corrected chi connectivity index (χ2v) is 5.15. The maximum atomic E-state index is 4.20. The Morgan fingerprint density at radius 2 is 1.89 bits per heavy atom. The normalized spacial score (nSPS) is 22.3. The van der Waals surface area contributed by atoms with E-state index in [2.05, 4.69) is 43.5 Å². The van der Waals surface area contributed by atoms with Crippen LogP contribution >= 0.6 is 0 Å². The second-order valence-electron chi connectivity index (χ2n) is 5.15. The molecular formula is C19H20. The lowest BCUT2D eigenvalue weighted by atomic mass is 9.89. The lowest BCUT2D eigenvalue weighted by molar-refractivity contribution is 1.02. The molecule has 2 aromatic rings. The molecule has 0 radical (unpaired) electrons. The molecule has 2 atom stereocenters. The molecule has 4 rings (SSSR count). The van der Waals surface area contributed by atoms with Gasteiger partial charge in [0.15, 0.2) is 0 Å². The smallest absolute Gasteiger partial charge is 0.00676 e. The molecule has 0 N–H and O–H groups in total. The zero-order chi connectivity index (χ0) is 13.6. The molecule has 0 amide bonds. The lowest BCUT2D eigenvalue weighted by Crippen LogP contribution is -2.29. The molecule has 1 fully saturated rings. The zero-order valence-corrected chi connectivity index (χ0v) is 11.7. The van der Waals surface area contributed by atoms with Crippen LogP contribution in [0.3, 0.4) is 0 Å². The molecule has 0 aliphatic heterocycles. The lowest BCUT2D eigenvalue weighted by Gasteiger charge is -2.15. The van der Waals surface area contributed by atoms with E-state index in [1.165, 1.54) is 33.5 Å². The molecule has 0 heteroatoms. The first kappa shape index (κ1) is 12.2. The van der Waals surface area contributed by atoms with Crippen LogP contribution in [-0.4, -0.2) is 0 Å². The van der Waals surface area contributed by atoms with Crippen molar-refractivity contribution in [1.82, 2.24) is 0 Å². The van der Waals surface area contributed by atoms with Crippen LogP contribution in [0.4, 0.5) is 0 Å². The molecule has 2 aromatic carbocycles. The number of benzene rings is 2. The monoisotopic (exact) mass is 248 g/mol. The van der Waals surface area contributed by atoms with Crippen molar-refractivity contribution in [3.8, 4) is 0 Å². The fourth-order valence-corrected chi connectivity index (χ4v) is 3.41. The molecular weight excluding hydrogens is 228 g/mol. The first-order valence-electron chi connectivity index (χ1n) is 7.18. The van der Waals surface area contributed by atoms with Crippen LogP contribution < -0.4 is 10.4 Å². The predicted molar refractivity (Wildman–Crippen MR) is 84.5 cm³/mol. The van der Waals surface area contributed by atoms with Crippen LogP contribution in [0.1, 0.15) is 31.7 Å². The molecule has 2 aliphatic carbocycles. The van der Waals surface area contributed by atoms with Crippen LogP contribution in [0.2, 0.25) is 0 Å². The summed E-state index contributed by atoms with van der Waals surface area (Å²) in [4.78, 5) is 0. The Kier molecular flexibility index (Phi) is 2.82. The molecule has 19 heavy (non-hydrogen) atoms. The van der Waals surface area contributed by atoms with Crippen molar-refractivity contribution in [2.24, 2.45) is 5.92 Å². The topological polar surface area (TPSA) is 0 Å². The van der Waals surface area contributed by atoms with Gasteiger partial charge < -0.3 is 0 Å². The zero-order valence-electron chi connectivity index (χ0n) is 11.7. The molecule has 1 saturated carbocycles. The molecule has 0 bridgehead atoms. The molecule has 0 aromatic heterocycles. The van der Waals surface area contributed by atoms with Gasteiger partial charge in [-0.25, -0.2) is 0 Å². The van der Waals surface area contributed by atoms with E-state index < -0.39 is 0 Å². The Labute approximate surface area is 114 Å². The van der Waals surface area contributed by atoms with Gasteiger partial charge in [-0.2, -0.15) is 0 Å². The summed E-state index contributed by atoms with van der Waals surface area (Å²) in [6, 6.07) is 11.0. The van der Waals surface area contributed by atoms with Gasteiger partial charge in [0.2, 0.25) is 0 Å². The van der Waals surface area contributed by atoms with E-state index in [1.807, 2.05) is 19.9 Å². The minimum absolute atomic E-state index is 0.702. The van der Waals surface area contributed by atoms with Crippen LogP contribution in [0.5, 0.6) is 0 Å². The van der Waals surface area contributed by atoms with E-state index in [4.69, 9.17) is 0 Å². The maximum Gasteiger partial charge on any atom is -0.00676 e. The van der Waals surface area contributed by atoms with Gasteiger partial charge in [-0.1, -0.05) is 63.4 Å². The number of hydrogen-bond acceptors (Lipinski definition) is 0. The SMILES string of the molecule is C=CC1=c2c(=C)ccc3cccc(c23)C2CC12.CC. The average Bonchev–Trinajstić information content (AvgIpc) is 3.25. The minimum atomic E-state index is 0.702. The molecule has 0 nitrogen and oxygen atoms in total. The Morgan fingerprint density at radius 3 is 2.63 bits per heavy atom. The predicted octanol–water partition coefficient (Wildman–Crippen LogP) is 3.73. The number of rotatable bonds is 1. The molecule has 2 unspecified atom stereocenters. The van der Waals surface area contributed by atoms with Crippen LogP contribution in [-0.2, 0) is 0 Å². The molecule has 2 aliphatic rings. The first-order valence-corrected chi connectivity index (χ1v) is 7.18. The summed E-state index contributed by atoms with van der Waals surface area (Å²) in [6.45, 7) is 12.2. The maximum absolute atomic E-state index is 4.20. The third-order valence-electron chi connectivity index (χ3n) is 4.26. The van der Waals surface area contributed by atoms with Gasteiger partial charge in [-0.15, -0.1) is 0 Å². The van der Waals surface area contributed by atoms with Crippen molar-refractivity contribution in [2.75, 3.05) is 0 Å². The summed E-state index contributed by atoms with van der Waals surface area (Å²) < 4.78 is 0. The highest BCUT2D eigenvalue weighted by Crippen LogP contribution is 2.55. The second kappa shape index (κ2) is 4.38. The van der Waals surface area contributed by atoms with Crippen molar-refractivity contribution in [3.05, 3.63) is 59.0 Å². The fraction of sp³-hybridized carbons (Fsp3) is 0.263. The van der Waals surface area contributed by atoms with Gasteiger partial charge in [0.25, 0.3) is 0 Å². The molecule has 0 heterocycles. The van der Waals surface area contributed by atoms with Crippen molar-refractivity contribution in [2.45, 2.75) is 26.2 Å². The average molecular weight is 248 g/mol. The largest absolute Gasteiger partial charge is 0.0988 e. The van der Waals surface area contributed by atoms with E-state index in [1.54, 1.807) is 0 Å². The third-order valence-corrected chi connectivity index (χ3v) is 4.26. The van der Waals surface area contributed by atoms with E-state index in [0.29, 0.717) is 5.92 Å². The van der Waals surface area contributed by atoms with Gasteiger partial charge >= 0.3 is 0 Å². The van der Waals surface area contributed by atoms with Gasteiger partial charge in [0.1, 0.15) is 0 Å². The summed E-state index contributed by atoms with van der Waals surface area (Å²) in [6.07, 6.45) is 3.33. The van der Waals surface area contributed by atoms with Crippen molar-refractivity contribution < 1.29 is 0 Å². The molecule has 96 valence electrons. The van der Waals surface area contributed by atoms with Gasteiger partial charge in [0, 0.05) is 0 Å². The van der Waals surface area contributed by atoms with Gasteiger partial charge in [-0.05, 0) is 50.6 Å². The van der Waals surface area contributed by atoms with Gasteiger partial charge in [-0.3, -0.25) is 0 Å². The third kappa shape index (κ3) is 1.59. The van der Waals surface area contributed by atoms with E-state index in [-0.39, 0.29) is 0 Å². The summed E-state index contributed by atoms with van der Waals surface area (Å²) in [5.41, 5.74) is 2.95. The minimum Gasteiger partial charge on any atom is -0.0988 e. The highest BCUT2D eigenvalue weighted by atomic mass is 14.5. The number of fused-ring (bicyclic) bond motifs is 2. The quantitative estimate of drug-likeness (QED) is 0.721. The van der Waals surface area contributed by atoms with Gasteiger partial charge in [0.05, 0.1) is 0 Å². The van der Waals surface area contributed by atoms with Crippen LogP contribution in [0.25, 0.3) is 22.9 Å².